The highest BCUT2D eigenvalue weighted by Gasteiger charge is 2.15. The molecule has 5 heteroatoms. The maximum atomic E-state index is 11.1. The zero-order valence-corrected chi connectivity index (χ0v) is 11.8. The van der Waals surface area contributed by atoms with Gasteiger partial charge in [0.2, 0.25) is 0 Å². The molecule has 20 heavy (non-hydrogen) atoms. The Morgan fingerprint density at radius 3 is 2.65 bits per heavy atom. The van der Waals surface area contributed by atoms with Crippen LogP contribution in [0.3, 0.4) is 0 Å². The van der Waals surface area contributed by atoms with Crippen LogP contribution in [0.15, 0.2) is 34.7 Å². The fraction of sp³-hybridized carbons (Fsp3) is 0.333. The Bertz CT molecular complexity index is 619. The molecule has 1 heterocycles. The minimum absolute atomic E-state index is 0.0456. The molecule has 2 rings (SSSR count). The average molecular weight is 274 g/mol. The molecule has 1 atom stereocenters. The highest BCUT2D eigenvalue weighted by molar-refractivity contribution is 5.56. The number of nitro groups is 1. The molecule has 0 fully saturated rings. The molecule has 0 aliphatic heterocycles. The van der Waals surface area contributed by atoms with Crippen molar-refractivity contribution in [3.63, 3.8) is 0 Å². The van der Waals surface area contributed by atoms with Crippen molar-refractivity contribution in [1.29, 1.82) is 0 Å². The van der Waals surface area contributed by atoms with Gasteiger partial charge >= 0.3 is 0 Å². The number of hydrogen-bond acceptors (Lipinski definition) is 4. The maximum absolute atomic E-state index is 11.1. The minimum Gasteiger partial charge on any atom is -0.464 e. The summed E-state index contributed by atoms with van der Waals surface area (Å²) >= 11 is 0. The second kappa shape index (κ2) is 5.77. The van der Waals surface area contributed by atoms with E-state index >= 15 is 0 Å². The summed E-state index contributed by atoms with van der Waals surface area (Å²) in [5.41, 5.74) is 1.61. The molecule has 2 aromatic rings. The third-order valence-corrected chi connectivity index (χ3v) is 3.23. The summed E-state index contributed by atoms with van der Waals surface area (Å²) in [7, 11) is 0. The number of furan rings is 1. The smallest absolute Gasteiger partial charge is 0.274 e. The van der Waals surface area contributed by atoms with Crippen LogP contribution in [0.4, 0.5) is 11.4 Å². The van der Waals surface area contributed by atoms with Crippen molar-refractivity contribution in [3.8, 4) is 0 Å². The van der Waals surface area contributed by atoms with Gasteiger partial charge in [-0.2, -0.15) is 0 Å². The Morgan fingerprint density at radius 2 is 2.10 bits per heavy atom. The van der Waals surface area contributed by atoms with E-state index in [0.717, 1.165) is 22.8 Å². The van der Waals surface area contributed by atoms with Crippen LogP contribution in [0.1, 0.15) is 37.0 Å². The number of benzene rings is 1. The van der Waals surface area contributed by atoms with Gasteiger partial charge in [0.05, 0.1) is 11.0 Å². The van der Waals surface area contributed by atoms with Crippen LogP contribution in [0.5, 0.6) is 0 Å². The molecule has 1 unspecified atom stereocenters. The molecule has 0 spiro atoms. The van der Waals surface area contributed by atoms with Gasteiger partial charge in [0, 0.05) is 17.3 Å². The van der Waals surface area contributed by atoms with Crippen LogP contribution in [0.2, 0.25) is 0 Å². The number of rotatable bonds is 5. The van der Waals surface area contributed by atoms with Gasteiger partial charge in [-0.1, -0.05) is 13.0 Å². The van der Waals surface area contributed by atoms with Crippen molar-refractivity contribution in [2.24, 2.45) is 0 Å². The standard InChI is InChI=1S/C15H18N2O3/c1-4-12-6-7-13(9-14(12)17(18)19)16-11(3)15-8-5-10(2)20-15/h5-9,11,16H,4H2,1-3H3. The topological polar surface area (TPSA) is 68.3 Å². The van der Waals surface area contributed by atoms with E-state index in [-0.39, 0.29) is 16.7 Å². The molecule has 1 aromatic heterocycles. The fourth-order valence-electron chi connectivity index (χ4n) is 2.13. The van der Waals surface area contributed by atoms with Gasteiger partial charge in [-0.25, -0.2) is 0 Å². The Labute approximate surface area is 117 Å². The average Bonchev–Trinajstić information content (AvgIpc) is 2.85. The summed E-state index contributed by atoms with van der Waals surface area (Å²) < 4.78 is 5.54. The van der Waals surface area contributed by atoms with Crippen molar-refractivity contribution < 1.29 is 9.34 Å². The normalized spacial score (nSPS) is 12.2. The molecular formula is C15H18N2O3. The monoisotopic (exact) mass is 274 g/mol. The molecule has 106 valence electrons. The molecule has 0 saturated carbocycles. The van der Waals surface area contributed by atoms with E-state index in [9.17, 15) is 10.1 Å². The maximum Gasteiger partial charge on any atom is 0.274 e. The second-order valence-electron chi connectivity index (χ2n) is 4.77. The van der Waals surface area contributed by atoms with Gasteiger partial charge in [-0.05, 0) is 38.5 Å². The highest BCUT2D eigenvalue weighted by atomic mass is 16.6. The van der Waals surface area contributed by atoms with E-state index in [1.165, 1.54) is 0 Å². The van der Waals surface area contributed by atoms with E-state index in [1.807, 2.05) is 39.0 Å². The lowest BCUT2D eigenvalue weighted by Crippen LogP contribution is -2.06. The predicted octanol–water partition coefficient (Wildman–Crippen LogP) is 4.23. The lowest BCUT2D eigenvalue weighted by atomic mass is 10.1. The van der Waals surface area contributed by atoms with Crippen LogP contribution in [0.25, 0.3) is 0 Å². The lowest BCUT2D eigenvalue weighted by molar-refractivity contribution is -0.385. The summed E-state index contributed by atoms with van der Waals surface area (Å²) in [6.45, 7) is 5.75. The lowest BCUT2D eigenvalue weighted by Gasteiger charge is -2.13. The summed E-state index contributed by atoms with van der Waals surface area (Å²) in [6, 6.07) is 8.98. The van der Waals surface area contributed by atoms with E-state index in [4.69, 9.17) is 4.42 Å². The number of nitrogens with zero attached hydrogens (tertiary/aromatic N) is 1. The minimum atomic E-state index is -0.342. The quantitative estimate of drug-likeness (QED) is 0.654. The zero-order chi connectivity index (χ0) is 14.7. The Balaban J connectivity index is 2.21. The SMILES string of the molecule is CCc1ccc(NC(C)c2ccc(C)o2)cc1[N+](=O)[O-]. The van der Waals surface area contributed by atoms with Gasteiger partial charge in [0.15, 0.2) is 0 Å². The van der Waals surface area contributed by atoms with Crippen molar-refractivity contribution in [1.82, 2.24) is 0 Å². The van der Waals surface area contributed by atoms with Crippen molar-refractivity contribution in [2.75, 3.05) is 5.32 Å². The summed E-state index contributed by atoms with van der Waals surface area (Å²) in [5, 5.41) is 14.3. The Hall–Kier alpha value is -2.30. The van der Waals surface area contributed by atoms with Crippen molar-refractivity contribution in [2.45, 2.75) is 33.2 Å². The number of anilines is 1. The molecule has 0 aliphatic rings. The molecular weight excluding hydrogens is 256 g/mol. The van der Waals surface area contributed by atoms with Crippen molar-refractivity contribution in [3.05, 3.63) is 57.5 Å². The first-order chi connectivity index (χ1) is 9.51. The van der Waals surface area contributed by atoms with Crippen LogP contribution in [-0.2, 0) is 6.42 Å². The van der Waals surface area contributed by atoms with Crippen molar-refractivity contribution >= 4 is 11.4 Å². The van der Waals surface area contributed by atoms with Gasteiger partial charge in [-0.15, -0.1) is 0 Å². The van der Waals surface area contributed by atoms with Crippen LogP contribution in [-0.4, -0.2) is 4.92 Å². The number of aryl methyl sites for hydroxylation is 2. The molecule has 0 saturated heterocycles. The molecule has 0 aliphatic carbocycles. The van der Waals surface area contributed by atoms with Gasteiger partial charge < -0.3 is 9.73 Å². The molecule has 0 radical (unpaired) electrons. The molecule has 0 amide bonds. The van der Waals surface area contributed by atoms with Gasteiger partial charge in [-0.3, -0.25) is 10.1 Å². The highest BCUT2D eigenvalue weighted by Crippen LogP contribution is 2.27. The molecule has 0 bridgehead atoms. The summed E-state index contributed by atoms with van der Waals surface area (Å²) in [6.07, 6.45) is 0.642. The van der Waals surface area contributed by atoms with E-state index in [0.29, 0.717) is 6.42 Å². The Kier molecular flexibility index (Phi) is 4.08. The number of nitro benzene ring substituents is 1. The molecule has 1 N–H and O–H groups in total. The zero-order valence-electron chi connectivity index (χ0n) is 11.8. The third kappa shape index (κ3) is 2.99. The first kappa shape index (κ1) is 14.1. The first-order valence-electron chi connectivity index (χ1n) is 6.61. The first-order valence-corrected chi connectivity index (χ1v) is 6.61. The van der Waals surface area contributed by atoms with Gasteiger partial charge in [0.25, 0.3) is 5.69 Å². The van der Waals surface area contributed by atoms with E-state index in [1.54, 1.807) is 12.1 Å². The molecule has 5 nitrogen and oxygen atoms in total. The number of hydrogen-bond donors (Lipinski definition) is 1. The van der Waals surface area contributed by atoms with Gasteiger partial charge in [0.1, 0.15) is 11.5 Å². The van der Waals surface area contributed by atoms with Crippen LogP contribution < -0.4 is 5.32 Å². The fourth-order valence-corrected chi connectivity index (χ4v) is 2.13. The Morgan fingerprint density at radius 1 is 1.35 bits per heavy atom. The summed E-state index contributed by atoms with van der Waals surface area (Å²) in [4.78, 5) is 10.7. The largest absolute Gasteiger partial charge is 0.464 e. The van der Waals surface area contributed by atoms with E-state index < -0.39 is 0 Å². The number of nitrogens with one attached hydrogen (secondary N) is 1. The third-order valence-electron chi connectivity index (χ3n) is 3.23. The second-order valence-corrected chi connectivity index (χ2v) is 4.77. The predicted molar refractivity (Wildman–Crippen MR) is 78.0 cm³/mol. The van der Waals surface area contributed by atoms with Crippen LogP contribution >= 0.6 is 0 Å². The van der Waals surface area contributed by atoms with Crippen LogP contribution in [0, 0.1) is 17.0 Å². The summed E-state index contributed by atoms with van der Waals surface area (Å²) in [5.74, 6) is 1.66. The molecule has 1 aromatic carbocycles. The van der Waals surface area contributed by atoms with E-state index in [2.05, 4.69) is 5.32 Å².